The zero-order valence-corrected chi connectivity index (χ0v) is 16.5. The van der Waals surface area contributed by atoms with Crippen LogP contribution in [0.15, 0.2) is 72.8 Å². The van der Waals surface area contributed by atoms with E-state index in [0.717, 1.165) is 16.7 Å². The van der Waals surface area contributed by atoms with Crippen LogP contribution in [0.4, 0.5) is 0 Å². The van der Waals surface area contributed by atoms with E-state index >= 15 is 0 Å². The summed E-state index contributed by atoms with van der Waals surface area (Å²) in [5, 5.41) is 18.5. The fraction of sp³-hybridized carbons (Fsp3) is 0.120. The minimum Gasteiger partial charge on any atom is -0.490 e. The molecule has 30 heavy (non-hydrogen) atoms. The molecule has 0 amide bonds. The van der Waals surface area contributed by atoms with Gasteiger partial charge in [-0.3, -0.25) is 0 Å². The van der Waals surface area contributed by atoms with Crippen LogP contribution in [0.1, 0.15) is 34.0 Å². The number of carbonyl (C=O) groups is 1. The highest BCUT2D eigenvalue weighted by atomic mass is 16.5. The van der Waals surface area contributed by atoms with Crippen LogP contribution in [0.25, 0.3) is 11.6 Å². The number of carboxylic acids is 1. The Morgan fingerprint density at radius 3 is 2.33 bits per heavy atom. The lowest BCUT2D eigenvalue weighted by Gasteiger charge is -2.13. The van der Waals surface area contributed by atoms with E-state index in [9.17, 15) is 10.1 Å². The summed E-state index contributed by atoms with van der Waals surface area (Å²) in [5.74, 6) is 0.199. The molecule has 0 fully saturated rings. The molecule has 0 saturated carbocycles. The highest BCUT2D eigenvalue weighted by Crippen LogP contribution is 2.31. The molecule has 3 aromatic carbocycles. The van der Waals surface area contributed by atoms with Gasteiger partial charge in [-0.2, -0.15) is 5.26 Å². The Bertz CT molecular complexity index is 1080. The van der Waals surface area contributed by atoms with Crippen LogP contribution in [0, 0.1) is 11.3 Å². The first kappa shape index (κ1) is 20.7. The van der Waals surface area contributed by atoms with Crippen LogP contribution in [0.2, 0.25) is 0 Å². The third-order valence-electron chi connectivity index (χ3n) is 4.38. The molecule has 5 heteroatoms. The van der Waals surface area contributed by atoms with Gasteiger partial charge in [0, 0.05) is 0 Å². The average Bonchev–Trinajstić information content (AvgIpc) is 2.78. The van der Waals surface area contributed by atoms with E-state index in [0.29, 0.717) is 23.7 Å². The number of hydrogen-bond acceptors (Lipinski definition) is 4. The van der Waals surface area contributed by atoms with Gasteiger partial charge in [-0.15, -0.1) is 0 Å². The first-order valence-electron chi connectivity index (χ1n) is 9.50. The molecule has 0 aromatic heterocycles. The van der Waals surface area contributed by atoms with Gasteiger partial charge < -0.3 is 14.6 Å². The van der Waals surface area contributed by atoms with Gasteiger partial charge in [-0.05, 0) is 54.0 Å². The maximum absolute atomic E-state index is 11.0. The number of nitriles is 1. The smallest absolute Gasteiger partial charge is 0.335 e. The van der Waals surface area contributed by atoms with Crippen molar-refractivity contribution in [1.29, 1.82) is 5.26 Å². The van der Waals surface area contributed by atoms with Gasteiger partial charge in [-0.25, -0.2) is 4.79 Å². The van der Waals surface area contributed by atoms with Gasteiger partial charge in [0.25, 0.3) is 0 Å². The molecule has 1 N–H and O–H groups in total. The fourth-order valence-electron chi connectivity index (χ4n) is 2.87. The quantitative estimate of drug-likeness (QED) is 0.404. The lowest BCUT2D eigenvalue weighted by molar-refractivity contribution is 0.0697. The van der Waals surface area contributed by atoms with E-state index in [1.165, 1.54) is 0 Å². The fourth-order valence-corrected chi connectivity index (χ4v) is 2.87. The predicted molar refractivity (Wildman–Crippen MR) is 115 cm³/mol. The van der Waals surface area contributed by atoms with Gasteiger partial charge >= 0.3 is 5.97 Å². The number of allylic oxidation sites excluding steroid dienone is 1. The molecule has 0 aliphatic rings. The first-order valence-corrected chi connectivity index (χ1v) is 9.50. The monoisotopic (exact) mass is 399 g/mol. The summed E-state index contributed by atoms with van der Waals surface area (Å²) in [4.78, 5) is 11.0. The largest absolute Gasteiger partial charge is 0.490 e. The highest BCUT2D eigenvalue weighted by molar-refractivity contribution is 5.90. The lowest BCUT2D eigenvalue weighted by Crippen LogP contribution is -2.01. The number of carboxylic acid groups (broad SMARTS) is 1. The summed E-state index contributed by atoms with van der Waals surface area (Å²) < 4.78 is 11.6. The third kappa shape index (κ3) is 5.27. The van der Waals surface area contributed by atoms with Crippen molar-refractivity contribution >= 4 is 17.6 Å². The zero-order chi connectivity index (χ0) is 21.3. The Morgan fingerprint density at radius 2 is 1.70 bits per heavy atom. The summed E-state index contributed by atoms with van der Waals surface area (Å²) in [5.41, 5.74) is 3.32. The maximum Gasteiger partial charge on any atom is 0.335 e. The maximum atomic E-state index is 11.0. The second-order valence-electron chi connectivity index (χ2n) is 6.47. The number of rotatable bonds is 8. The zero-order valence-electron chi connectivity index (χ0n) is 16.5. The van der Waals surface area contributed by atoms with Gasteiger partial charge in [0.2, 0.25) is 0 Å². The number of hydrogen-bond donors (Lipinski definition) is 1. The van der Waals surface area contributed by atoms with Crippen LogP contribution < -0.4 is 9.47 Å². The number of nitrogens with zero attached hydrogens (tertiary/aromatic N) is 1. The summed E-state index contributed by atoms with van der Waals surface area (Å²) in [7, 11) is 0. The van der Waals surface area contributed by atoms with E-state index in [2.05, 4.69) is 6.07 Å². The Kier molecular flexibility index (Phi) is 6.86. The number of aromatic carboxylic acids is 1. The molecule has 3 rings (SSSR count). The van der Waals surface area contributed by atoms with E-state index < -0.39 is 5.97 Å². The van der Waals surface area contributed by atoms with Crippen molar-refractivity contribution in [2.75, 3.05) is 6.61 Å². The van der Waals surface area contributed by atoms with Crippen LogP contribution in [0.5, 0.6) is 11.5 Å². The van der Waals surface area contributed by atoms with E-state index in [1.54, 1.807) is 24.3 Å². The van der Waals surface area contributed by atoms with Crippen molar-refractivity contribution in [3.05, 3.63) is 95.1 Å². The summed E-state index contributed by atoms with van der Waals surface area (Å²) in [6, 6.07) is 23.8. The average molecular weight is 399 g/mol. The molecule has 0 radical (unpaired) electrons. The predicted octanol–water partition coefficient (Wildman–Crippen LogP) is 5.43. The van der Waals surface area contributed by atoms with Crippen LogP contribution in [-0.2, 0) is 6.61 Å². The molecule has 0 saturated heterocycles. The highest BCUT2D eigenvalue weighted by Gasteiger charge is 2.09. The van der Waals surface area contributed by atoms with E-state index in [1.807, 2.05) is 61.5 Å². The van der Waals surface area contributed by atoms with Crippen molar-refractivity contribution in [1.82, 2.24) is 0 Å². The van der Waals surface area contributed by atoms with Gasteiger partial charge in [-0.1, -0.05) is 48.5 Å². The van der Waals surface area contributed by atoms with Crippen molar-refractivity contribution in [2.24, 2.45) is 0 Å². The molecule has 150 valence electrons. The molecule has 0 aliphatic carbocycles. The number of ether oxygens (including phenoxy) is 2. The molecule has 0 bridgehead atoms. The molecule has 0 heterocycles. The van der Waals surface area contributed by atoms with Gasteiger partial charge in [0.1, 0.15) is 6.61 Å². The topological polar surface area (TPSA) is 79.5 Å². The van der Waals surface area contributed by atoms with Crippen LogP contribution in [0.3, 0.4) is 0 Å². The second-order valence-corrected chi connectivity index (χ2v) is 6.47. The Balaban J connectivity index is 1.80. The second kappa shape index (κ2) is 9.94. The molecule has 3 aromatic rings. The molecule has 0 unspecified atom stereocenters. The molecule has 0 aliphatic heterocycles. The normalized spacial score (nSPS) is 10.9. The summed E-state index contributed by atoms with van der Waals surface area (Å²) in [6.45, 7) is 2.64. The van der Waals surface area contributed by atoms with Gasteiger partial charge in [0.15, 0.2) is 11.5 Å². The van der Waals surface area contributed by atoms with Crippen molar-refractivity contribution < 1.29 is 19.4 Å². The van der Waals surface area contributed by atoms with Gasteiger partial charge in [0.05, 0.1) is 23.8 Å². The molecule has 5 nitrogen and oxygen atoms in total. The number of benzene rings is 3. The van der Waals surface area contributed by atoms with Crippen molar-refractivity contribution in [3.63, 3.8) is 0 Å². The minimum atomic E-state index is -0.961. The van der Waals surface area contributed by atoms with Crippen LogP contribution in [-0.4, -0.2) is 17.7 Å². The van der Waals surface area contributed by atoms with E-state index in [4.69, 9.17) is 14.6 Å². The Hall–Kier alpha value is -4.04. The van der Waals surface area contributed by atoms with Crippen molar-refractivity contribution in [2.45, 2.75) is 13.5 Å². The SMILES string of the molecule is CCOc1cc(/C=C(\C#N)c2ccccc2)ccc1OCc1ccc(C(=O)O)cc1. The summed E-state index contributed by atoms with van der Waals surface area (Å²) in [6.07, 6.45) is 1.81. The third-order valence-corrected chi connectivity index (χ3v) is 4.38. The Labute approximate surface area is 175 Å². The molecular weight excluding hydrogens is 378 g/mol. The first-order chi connectivity index (χ1) is 14.6. The lowest BCUT2D eigenvalue weighted by atomic mass is 10.0. The minimum absolute atomic E-state index is 0.233. The molecule has 0 spiro atoms. The van der Waals surface area contributed by atoms with E-state index in [-0.39, 0.29) is 12.2 Å². The summed E-state index contributed by atoms with van der Waals surface area (Å²) >= 11 is 0. The van der Waals surface area contributed by atoms with Crippen molar-refractivity contribution in [3.8, 4) is 17.6 Å². The Morgan fingerprint density at radius 1 is 0.967 bits per heavy atom. The molecule has 0 atom stereocenters. The van der Waals surface area contributed by atoms with Crippen LogP contribution >= 0.6 is 0 Å². The molecular formula is C25H21NO4. The standard InChI is InChI=1S/C25H21NO4/c1-2-29-24-15-19(14-22(16-26)20-6-4-3-5-7-20)10-13-23(24)30-17-18-8-11-21(12-9-18)25(27)28/h3-15H,2,17H2,1H3,(H,27,28)/b22-14+.